The van der Waals surface area contributed by atoms with E-state index in [1.165, 1.54) is 13.2 Å². The first-order valence-electron chi connectivity index (χ1n) is 10.3. The number of rotatable bonds is 6. The molecule has 0 saturated heterocycles. The highest BCUT2D eigenvalue weighted by molar-refractivity contribution is 5.86. The van der Waals surface area contributed by atoms with E-state index >= 15 is 0 Å². The molecule has 0 fully saturated rings. The number of benzene rings is 2. The molecule has 0 saturated carbocycles. The quantitative estimate of drug-likeness (QED) is 0.448. The molecule has 0 atom stereocenters. The molecule has 0 bridgehead atoms. The van der Waals surface area contributed by atoms with Crippen LogP contribution in [0.15, 0.2) is 42.5 Å². The Kier molecular flexibility index (Phi) is 5.90. The third kappa shape index (κ3) is 3.93. The van der Waals surface area contributed by atoms with Crippen molar-refractivity contribution in [1.82, 2.24) is 4.98 Å². The Bertz CT molecular complexity index is 1220. The van der Waals surface area contributed by atoms with Gasteiger partial charge in [0.15, 0.2) is 11.5 Å². The van der Waals surface area contributed by atoms with E-state index < -0.39 is 4.92 Å². The predicted molar refractivity (Wildman–Crippen MR) is 119 cm³/mol. The molecule has 4 rings (SSSR count). The lowest BCUT2D eigenvalue weighted by molar-refractivity contribution is -0.384. The number of pyridine rings is 1. The number of hydrogen-bond acceptors (Lipinski definition) is 7. The molecule has 3 aromatic rings. The first-order valence-corrected chi connectivity index (χ1v) is 10.3. The molecule has 0 spiro atoms. The van der Waals surface area contributed by atoms with Crippen LogP contribution in [0, 0.1) is 21.4 Å². The first-order chi connectivity index (χ1) is 15.5. The maximum atomic E-state index is 12.1. The summed E-state index contributed by atoms with van der Waals surface area (Å²) in [6, 6.07) is 14.5. The number of anilines is 1. The number of nitro groups is 1. The van der Waals surface area contributed by atoms with Crippen molar-refractivity contribution in [3.63, 3.8) is 0 Å². The molecule has 2 aromatic carbocycles. The molecule has 162 valence electrons. The largest absolute Gasteiger partial charge is 0.493 e. The number of aryl methyl sites for hydroxylation is 1. The van der Waals surface area contributed by atoms with Gasteiger partial charge in [-0.25, -0.2) is 4.98 Å². The van der Waals surface area contributed by atoms with Gasteiger partial charge in [-0.2, -0.15) is 5.26 Å². The molecule has 8 nitrogen and oxygen atoms in total. The van der Waals surface area contributed by atoms with Crippen molar-refractivity contribution in [2.45, 2.75) is 32.3 Å². The number of hydrogen-bond donors (Lipinski definition) is 1. The number of nitriles is 1. The van der Waals surface area contributed by atoms with Crippen molar-refractivity contribution in [1.29, 1.82) is 5.26 Å². The number of fused-ring (bicyclic) bond motifs is 1. The Hall–Kier alpha value is -4.12. The van der Waals surface area contributed by atoms with Gasteiger partial charge >= 0.3 is 0 Å². The summed E-state index contributed by atoms with van der Waals surface area (Å²) >= 11 is 0. The summed E-state index contributed by atoms with van der Waals surface area (Å²) in [6.45, 7) is 0.231. The van der Waals surface area contributed by atoms with Crippen molar-refractivity contribution in [3.05, 3.63) is 75.0 Å². The van der Waals surface area contributed by atoms with E-state index in [0.29, 0.717) is 17.7 Å². The van der Waals surface area contributed by atoms with Crippen molar-refractivity contribution in [2.24, 2.45) is 0 Å². The Morgan fingerprint density at radius 2 is 1.94 bits per heavy atom. The number of nitrogens with two attached hydrogens (primary N) is 1. The van der Waals surface area contributed by atoms with E-state index in [-0.39, 0.29) is 35.0 Å². The monoisotopic (exact) mass is 430 g/mol. The zero-order valence-corrected chi connectivity index (χ0v) is 17.6. The molecule has 2 N–H and O–H groups in total. The second kappa shape index (κ2) is 8.94. The molecule has 1 aliphatic rings. The third-order valence-corrected chi connectivity index (χ3v) is 5.60. The van der Waals surface area contributed by atoms with Crippen LogP contribution in [-0.4, -0.2) is 17.0 Å². The van der Waals surface area contributed by atoms with E-state index in [0.717, 1.165) is 36.1 Å². The summed E-state index contributed by atoms with van der Waals surface area (Å²) in [6.07, 6.45) is 3.28. The summed E-state index contributed by atoms with van der Waals surface area (Å²) in [5, 5.41) is 21.8. The standard InChI is InChI=1S/C24H22N4O4/c1-31-21-11-17(23-16-9-5-6-10-19(16)27-24(26)18(23)13-25)20(28(29)30)12-22(21)32-14-15-7-3-2-4-8-15/h2-4,7-8,11-12H,5-6,9-10,14H2,1H3,(H2,26,27). The number of nitro benzene ring substituents is 1. The van der Waals surface area contributed by atoms with Crippen molar-refractivity contribution >= 4 is 11.5 Å². The SMILES string of the molecule is COc1cc(-c2c(C#N)c(N)nc3c2CCCC3)c([N+](=O)[O-])cc1OCc1ccccc1. The van der Waals surface area contributed by atoms with E-state index in [1.54, 1.807) is 6.07 Å². The molecule has 0 amide bonds. The summed E-state index contributed by atoms with van der Waals surface area (Å²) in [5.41, 5.74) is 9.34. The fourth-order valence-electron chi connectivity index (χ4n) is 4.08. The van der Waals surface area contributed by atoms with Crippen LogP contribution in [0.3, 0.4) is 0 Å². The van der Waals surface area contributed by atoms with Gasteiger partial charge in [0.2, 0.25) is 0 Å². The van der Waals surface area contributed by atoms with Gasteiger partial charge in [-0.05, 0) is 42.9 Å². The van der Waals surface area contributed by atoms with Gasteiger partial charge < -0.3 is 15.2 Å². The molecular weight excluding hydrogens is 408 g/mol. The zero-order valence-electron chi connectivity index (χ0n) is 17.6. The van der Waals surface area contributed by atoms with Gasteiger partial charge in [-0.3, -0.25) is 10.1 Å². The maximum absolute atomic E-state index is 12.1. The topological polar surface area (TPSA) is 124 Å². The van der Waals surface area contributed by atoms with E-state index in [9.17, 15) is 15.4 Å². The lowest BCUT2D eigenvalue weighted by Crippen LogP contribution is -2.12. The van der Waals surface area contributed by atoms with Gasteiger partial charge in [0.05, 0.1) is 23.7 Å². The average Bonchev–Trinajstić information content (AvgIpc) is 2.81. The van der Waals surface area contributed by atoms with Gasteiger partial charge in [-0.15, -0.1) is 0 Å². The third-order valence-electron chi connectivity index (χ3n) is 5.60. The fraction of sp³-hybridized carbons (Fsp3) is 0.250. The Balaban J connectivity index is 1.88. The summed E-state index contributed by atoms with van der Waals surface area (Å²) in [7, 11) is 1.47. The van der Waals surface area contributed by atoms with Crippen LogP contribution in [0.25, 0.3) is 11.1 Å². The molecule has 1 aliphatic carbocycles. The first kappa shape index (κ1) is 21.1. The summed E-state index contributed by atoms with van der Waals surface area (Å²) in [4.78, 5) is 16.0. The summed E-state index contributed by atoms with van der Waals surface area (Å²) in [5.74, 6) is 0.674. The fourth-order valence-corrected chi connectivity index (χ4v) is 4.08. The predicted octanol–water partition coefficient (Wildman–Crippen LogP) is 4.58. The number of nitrogens with zero attached hydrogens (tertiary/aromatic N) is 3. The molecule has 0 radical (unpaired) electrons. The molecule has 1 heterocycles. The number of nitrogen functional groups attached to an aromatic ring is 1. The van der Waals surface area contributed by atoms with Crippen molar-refractivity contribution in [2.75, 3.05) is 12.8 Å². The minimum Gasteiger partial charge on any atom is -0.493 e. The average molecular weight is 430 g/mol. The van der Waals surface area contributed by atoms with Crippen LogP contribution in [0.5, 0.6) is 11.5 Å². The number of aromatic nitrogens is 1. The summed E-state index contributed by atoms with van der Waals surface area (Å²) < 4.78 is 11.4. The van der Waals surface area contributed by atoms with Gasteiger partial charge in [0.1, 0.15) is 24.1 Å². The molecular formula is C24H22N4O4. The smallest absolute Gasteiger partial charge is 0.281 e. The highest BCUT2D eigenvalue weighted by atomic mass is 16.6. The molecule has 0 unspecified atom stereocenters. The lowest BCUT2D eigenvalue weighted by Gasteiger charge is -2.21. The number of methoxy groups -OCH3 is 1. The van der Waals surface area contributed by atoms with Crippen LogP contribution < -0.4 is 15.2 Å². The minimum absolute atomic E-state index is 0.0841. The van der Waals surface area contributed by atoms with Gasteiger partial charge in [0, 0.05) is 11.3 Å². The Labute approximate surface area is 185 Å². The lowest BCUT2D eigenvalue weighted by atomic mass is 9.86. The van der Waals surface area contributed by atoms with E-state index in [2.05, 4.69) is 11.1 Å². The number of ether oxygens (including phenoxy) is 2. The Morgan fingerprint density at radius 1 is 1.19 bits per heavy atom. The molecule has 0 aliphatic heterocycles. The van der Waals surface area contributed by atoms with Crippen LogP contribution in [0.4, 0.5) is 11.5 Å². The highest BCUT2D eigenvalue weighted by Gasteiger charge is 2.29. The highest BCUT2D eigenvalue weighted by Crippen LogP contribution is 2.45. The van der Waals surface area contributed by atoms with E-state index in [1.807, 2.05) is 30.3 Å². The molecule has 8 heteroatoms. The van der Waals surface area contributed by atoms with Gasteiger partial charge in [-0.1, -0.05) is 30.3 Å². The van der Waals surface area contributed by atoms with Crippen LogP contribution in [-0.2, 0) is 19.4 Å². The van der Waals surface area contributed by atoms with Crippen LogP contribution >= 0.6 is 0 Å². The Morgan fingerprint density at radius 3 is 2.62 bits per heavy atom. The molecule has 32 heavy (non-hydrogen) atoms. The maximum Gasteiger partial charge on any atom is 0.281 e. The zero-order chi connectivity index (χ0) is 22.7. The van der Waals surface area contributed by atoms with Gasteiger partial charge in [0.25, 0.3) is 5.69 Å². The van der Waals surface area contributed by atoms with Crippen molar-refractivity contribution < 1.29 is 14.4 Å². The second-order valence-electron chi connectivity index (χ2n) is 7.54. The normalized spacial score (nSPS) is 12.5. The van der Waals surface area contributed by atoms with Crippen molar-refractivity contribution in [3.8, 4) is 28.7 Å². The van der Waals surface area contributed by atoms with E-state index in [4.69, 9.17) is 15.2 Å². The van der Waals surface area contributed by atoms with Crippen LogP contribution in [0.1, 0.15) is 35.2 Å². The second-order valence-corrected chi connectivity index (χ2v) is 7.54. The minimum atomic E-state index is -0.475. The van der Waals surface area contributed by atoms with Crippen LogP contribution in [0.2, 0.25) is 0 Å². The molecule has 1 aromatic heterocycles.